The number of pyridine rings is 1. The van der Waals surface area contributed by atoms with Crippen LogP contribution < -0.4 is 4.74 Å². The van der Waals surface area contributed by atoms with E-state index in [0.29, 0.717) is 6.61 Å². The highest BCUT2D eigenvalue weighted by Crippen LogP contribution is 2.37. The normalized spacial score (nSPS) is 28.5. The molecule has 0 N–H and O–H groups in total. The van der Waals surface area contributed by atoms with Crippen LogP contribution in [0.3, 0.4) is 0 Å². The van der Waals surface area contributed by atoms with Gasteiger partial charge in [-0.3, -0.25) is 9.88 Å². The molecule has 2 aliphatic heterocycles. The molecule has 5 nitrogen and oxygen atoms in total. The average molecular weight is 300 g/mol. The van der Waals surface area contributed by atoms with Crippen LogP contribution in [0.25, 0.3) is 0 Å². The van der Waals surface area contributed by atoms with Crippen molar-refractivity contribution in [3.63, 3.8) is 0 Å². The molecule has 0 unspecified atom stereocenters. The Morgan fingerprint density at radius 2 is 2.36 bits per heavy atom. The van der Waals surface area contributed by atoms with Crippen molar-refractivity contribution in [2.45, 2.75) is 31.1 Å². The third-order valence-corrected chi connectivity index (χ3v) is 4.47. The third kappa shape index (κ3) is 2.87. The predicted molar refractivity (Wildman–Crippen MR) is 80.6 cm³/mol. The molecule has 0 bridgehead atoms. The highest BCUT2D eigenvalue weighted by molar-refractivity contribution is 5.16. The van der Waals surface area contributed by atoms with E-state index in [-0.39, 0.29) is 11.7 Å². The molecule has 0 saturated carbocycles. The van der Waals surface area contributed by atoms with Crippen molar-refractivity contribution in [2.75, 3.05) is 19.7 Å². The lowest BCUT2D eigenvalue weighted by Crippen LogP contribution is -2.33. The van der Waals surface area contributed by atoms with Crippen LogP contribution in [0.4, 0.5) is 0 Å². The van der Waals surface area contributed by atoms with Crippen LogP contribution in [-0.2, 0) is 11.3 Å². The maximum absolute atomic E-state index is 6.12. The van der Waals surface area contributed by atoms with Crippen molar-refractivity contribution in [3.8, 4) is 5.75 Å². The molecule has 116 valence electrons. The maximum Gasteiger partial charge on any atom is 0.138 e. The zero-order valence-electron chi connectivity index (χ0n) is 12.5. The Labute approximate surface area is 129 Å². The first kappa shape index (κ1) is 13.8. The minimum Gasteiger partial charge on any atom is -0.486 e. The van der Waals surface area contributed by atoms with Crippen molar-refractivity contribution in [1.82, 2.24) is 9.88 Å². The van der Waals surface area contributed by atoms with Crippen molar-refractivity contribution < 1.29 is 13.9 Å². The van der Waals surface area contributed by atoms with Gasteiger partial charge in [0.15, 0.2) is 0 Å². The van der Waals surface area contributed by atoms with Gasteiger partial charge in [0.25, 0.3) is 0 Å². The summed E-state index contributed by atoms with van der Waals surface area (Å²) in [6, 6.07) is 7.79. The van der Waals surface area contributed by atoms with E-state index in [1.165, 1.54) is 0 Å². The molecule has 2 aromatic rings. The Morgan fingerprint density at radius 1 is 1.36 bits per heavy atom. The van der Waals surface area contributed by atoms with Crippen LogP contribution in [0.15, 0.2) is 47.3 Å². The fourth-order valence-electron chi connectivity index (χ4n) is 3.46. The van der Waals surface area contributed by atoms with Gasteiger partial charge in [-0.15, -0.1) is 0 Å². The molecule has 4 rings (SSSR count). The van der Waals surface area contributed by atoms with Gasteiger partial charge in [0, 0.05) is 25.7 Å². The lowest BCUT2D eigenvalue weighted by Gasteiger charge is -2.23. The first-order valence-corrected chi connectivity index (χ1v) is 7.77. The number of hydrogen-bond donors (Lipinski definition) is 0. The van der Waals surface area contributed by atoms with E-state index in [9.17, 15) is 0 Å². The largest absolute Gasteiger partial charge is 0.486 e. The van der Waals surface area contributed by atoms with E-state index in [1.54, 1.807) is 18.7 Å². The van der Waals surface area contributed by atoms with Gasteiger partial charge in [-0.25, -0.2) is 0 Å². The molecule has 2 fully saturated rings. The first-order valence-electron chi connectivity index (χ1n) is 7.77. The zero-order chi connectivity index (χ0) is 14.8. The quantitative estimate of drug-likeness (QED) is 0.868. The Hall–Kier alpha value is -1.85. The third-order valence-electron chi connectivity index (χ3n) is 4.47. The molecule has 0 amide bonds. The molecule has 2 atom stereocenters. The average Bonchev–Trinajstić information content (AvgIpc) is 3.25. The van der Waals surface area contributed by atoms with E-state index in [2.05, 4.69) is 9.88 Å². The molecule has 2 aromatic heterocycles. The summed E-state index contributed by atoms with van der Waals surface area (Å²) in [4.78, 5) is 6.48. The SMILES string of the molecule is c1cncc(O[C@H]2CO[C@@]3(CCN(Cc4ccco4)C3)C2)c1. The van der Waals surface area contributed by atoms with Crippen molar-refractivity contribution >= 4 is 0 Å². The summed E-state index contributed by atoms with van der Waals surface area (Å²) < 4.78 is 17.5. The number of rotatable bonds is 4. The van der Waals surface area contributed by atoms with E-state index < -0.39 is 0 Å². The van der Waals surface area contributed by atoms with Crippen molar-refractivity contribution in [1.29, 1.82) is 0 Å². The van der Waals surface area contributed by atoms with Crippen LogP contribution in [0.5, 0.6) is 5.75 Å². The monoisotopic (exact) mass is 300 g/mol. The minimum absolute atomic E-state index is 0.0561. The summed E-state index contributed by atoms with van der Waals surface area (Å²) in [6.45, 7) is 3.50. The standard InChI is InChI=1S/C17H20N2O3/c1-3-14(10-18-6-1)22-16-9-17(21-12-16)5-7-19(13-17)11-15-4-2-8-20-15/h1-4,6,8,10,16H,5,7,9,11-13H2/t16-,17+/m1/s1. The summed E-state index contributed by atoms with van der Waals surface area (Å²) in [6.07, 6.45) is 7.35. The van der Waals surface area contributed by atoms with Gasteiger partial charge in [0.05, 0.1) is 31.2 Å². The van der Waals surface area contributed by atoms with Gasteiger partial charge < -0.3 is 13.9 Å². The number of likely N-dealkylation sites (tertiary alicyclic amines) is 1. The maximum atomic E-state index is 6.12. The second kappa shape index (κ2) is 5.74. The molecule has 0 aromatic carbocycles. The molecule has 2 saturated heterocycles. The number of furan rings is 1. The lowest BCUT2D eigenvalue weighted by atomic mass is 9.98. The zero-order valence-corrected chi connectivity index (χ0v) is 12.5. The van der Waals surface area contributed by atoms with Gasteiger partial charge in [-0.05, 0) is 30.7 Å². The Balaban J connectivity index is 1.34. The molecular weight excluding hydrogens is 280 g/mol. The highest BCUT2D eigenvalue weighted by Gasteiger charge is 2.46. The fraction of sp³-hybridized carbons (Fsp3) is 0.471. The molecule has 5 heteroatoms. The van der Waals surface area contributed by atoms with Gasteiger partial charge in [-0.2, -0.15) is 0 Å². The molecule has 0 aliphatic carbocycles. The fourth-order valence-corrected chi connectivity index (χ4v) is 3.46. The number of nitrogens with zero attached hydrogens (tertiary/aromatic N) is 2. The molecule has 2 aliphatic rings. The molecule has 0 radical (unpaired) electrons. The van der Waals surface area contributed by atoms with Crippen LogP contribution >= 0.6 is 0 Å². The van der Waals surface area contributed by atoms with E-state index in [0.717, 1.165) is 44.0 Å². The topological polar surface area (TPSA) is 47.7 Å². The summed E-state index contributed by atoms with van der Waals surface area (Å²) in [5.41, 5.74) is -0.0561. The number of ether oxygens (including phenoxy) is 2. The van der Waals surface area contributed by atoms with Crippen LogP contribution in [0.1, 0.15) is 18.6 Å². The summed E-state index contributed by atoms with van der Waals surface area (Å²) in [5, 5.41) is 0. The van der Waals surface area contributed by atoms with Crippen molar-refractivity contribution in [2.24, 2.45) is 0 Å². The summed E-state index contributed by atoms with van der Waals surface area (Å²) >= 11 is 0. The lowest BCUT2D eigenvalue weighted by molar-refractivity contribution is 0.00894. The smallest absolute Gasteiger partial charge is 0.138 e. The molecule has 4 heterocycles. The highest BCUT2D eigenvalue weighted by atomic mass is 16.6. The Kier molecular flexibility index (Phi) is 3.60. The van der Waals surface area contributed by atoms with Gasteiger partial charge in [0.1, 0.15) is 17.6 Å². The predicted octanol–water partition coefficient (Wildman–Crippen LogP) is 2.49. The van der Waals surface area contributed by atoms with Crippen LogP contribution in [0, 0.1) is 0 Å². The van der Waals surface area contributed by atoms with E-state index in [4.69, 9.17) is 13.9 Å². The summed E-state index contributed by atoms with van der Waals surface area (Å²) in [7, 11) is 0. The Morgan fingerprint density at radius 3 is 3.18 bits per heavy atom. The molecule has 1 spiro atoms. The second-order valence-electron chi connectivity index (χ2n) is 6.17. The summed E-state index contributed by atoms with van der Waals surface area (Å²) in [5.74, 6) is 1.83. The van der Waals surface area contributed by atoms with Gasteiger partial charge >= 0.3 is 0 Å². The first-order chi connectivity index (χ1) is 10.8. The van der Waals surface area contributed by atoms with Crippen molar-refractivity contribution in [3.05, 3.63) is 48.7 Å². The Bertz CT molecular complexity index is 602. The van der Waals surface area contributed by atoms with Crippen LogP contribution in [-0.4, -0.2) is 41.3 Å². The number of aromatic nitrogens is 1. The number of hydrogen-bond acceptors (Lipinski definition) is 5. The van der Waals surface area contributed by atoms with E-state index >= 15 is 0 Å². The molecule has 22 heavy (non-hydrogen) atoms. The second-order valence-corrected chi connectivity index (χ2v) is 6.17. The van der Waals surface area contributed by atoms with Gasteiger partial charge in [-0.1, -0.05) is 0 Å². The molecular formula is C17H20N2O3. The minimum atomic E-state index is -0.0561. The van der Waals surface area contributed by atoms with Gasteiger partial charge in [0.2, 0.25) is 0 Å². The van der Waals surface area contributed by atoms with Crippen LogP contribution in [0.2, 0.25) is 0 Å². The van der Waals surface area contributed by atoms with E-state index in [1.807, 2.05) is 24.3 Å².